The maximum atomic E-state index is 12.6. The zero-order valence-corrected chi connectivity index (χ0v) is 15.0. The van der Waals surface area contributed by atoms with Crippen molar-refractivity contribution in [1.82, 2.24) is 10.3 Å². The van der Waals surface area contributed by atoms with Crippen LogP contribution in [0.15, 0.2) is 30.3 Å². The summed E-state index contributed by atoms with van der Waals surface area (Å²) in [5.74, 6) is 0.879. The number of rotatable bonds is 5. The van der Waals surface area contributed by atoms with Gasteiger partial charge in [-0.25, -0.2) is 4.98 Å². The molecule has 0 bridgehead atoms. The Morgan fingerprint density at radius 2 is 2.08 bits per heavy atom. The zero-order chi connectivity index (χ0) is 16.7. The van der Waals surface area contributed by atoms with E-state index in [9.17, 15) is 4.79 Å². The molecule has 1 atom stereocenters. The van der Waals surface area contributed by atoms with E-state index < -0.39 is 0 Å². The Hall–Kier alpha value is -1.88. The second-order valence-electron chi connectivity index (χ2n) is 7.12. The molecule has 2 aliphatic rings. The SMILES string of the molecule is CC(C)NC(=O)C1Cc2nc(-c3ccccc3)sc2N1CC1CC1. The van der Waals surface area contributed by atoms with Gasteiger partial charge in [-0.1, -0.05) is 41.7 Å². The summed E-state index contributed by atoms with van der Waals surface area (Å²) in [6.45, 7) is 5.01. The summed E-state index contributed by atoms with van der Waals surface area (Å²) < 4.78 is 0. The number of carbonyl (C=O) groups excluding carboxylic acids is 1. The second-order valence-corrected chi connectivity index (χ2v) is 8.09. The Morgan fingerprint density at radius 1 is 1.33 bits per heavy atom. The van der Waals surface area contributed by atoms with Crippen LogP contribution < -0.4 is 10.2 Å². The molecule has 1 amide bonds. The van der Waals surface area contributed by atoms with Crippen molar-refractivity contribution in [3.05, 3.63) is 36.0 Å². The summed E-state index contributed by atoms with van der Waals surface area (Å²) in [6.07, 6.45) is 3.30. The number of benzene rings is 1. The highest BCUT2D eigenvalue weighted by molar-refractivity contribution is 7.19. The van der Waals surface area contributed by atoms with Crippen LogP contribution in [-0.4, -0.2) is 29.5 Å². The van der Waals surface area contributed by atoms with E-state index in [-0.39, 0.29) is 18.0 Å². The Labute approximate surface area is 146 Å². The van der Waals surface area contributed by atoms with Crippen molar-refractivity contribution in [2.45, 2.75) is 45.2 Å². The molecule has 2 heterocycles. The largest absolute Gasteiger partial charge is 0.352 e. The van der Waals surface area contributed by atoms with Gasteiger partial charge in [-0.3, -0.25) is 4.79 Å². The second kappa shape index (κ2) is 6.20. The lowest BCUT2D eigenvalue weighted by atomic mass is 10.1. The number of thiazole rings is 1. The molecule has 126 valence electrons. The molecular weight excluding hydrogens is 318 g/mol. The summed E-state index contributed by atoms with van der Waals surface area (Å²) in [5, 5.41) is 5.33. The van der Waals surface area contributed by atoms with E-state index >= 15 is 0 Å². The zero-order valence-electron chi connectivity index (χ0n) is 14.2. The fraction of sp³-hybridized carbons (Fsp3) is 0.474. The summed E-state index contributed by atoms with van der Waals surface area (Å²) in [4.78, 5) is 19.8. The van der Waals surface area contributed by atoms with Crippen LogP contribution in [0.2, 0.25) is 0 Å². The number of nitrogens with zero attached hydrogens (tertiary/aromatic N) is 2. The van der Waals surface area contributed by atoms with Gasteiger partial charge in [0.25, 0.3) is 0 Å². The normalized spacial score (nSPS) is 19.6. The first-order valence-corrected chi connectivity index (χ1v) is 9.55. The lowest BCUT2D eigenvalue weighted by molar-refractivity contribution is -0.122. The first kappa shape index (κ1) is 15.6. The summed E-state index contributed by atoms with van der Waals surface area (Å²) in [6, 6.07) is 10.4. The van der Waals surface area contributed by atoms with Gasteiger partial charge in [0.05, 0.1) is 5.69 Å². The number of nitrogens with one attached hydrogen (secondary N) is 1. The third-order valence-corrected chi connectivity index (χ3v) is 5.79. The fourth-order valence-corrected chi connectivity index (χ4v) is 4.40. The van der Waals surface area contributed by atoms with E-state index in [1.165, 1.54) is 17.8 Å². The third kappa shape index (κ3) is 3.05. The maximum absolute atomic E-state index is 12.6. The molecule has 24 heavy (non-hydrogen) atoms. The van der Waals surface area contributed by atoms with Gasteiger partial charge in [-0.15, -0.1) is 0 Å². The summed E-state index contributed by atoms with van der Waals surface area (Å²) in [5.41, 5.74) is 2.25. The summed E-state index contributed by atoms with van der Waals surface area (Å²) >= 11 is 1.73. The molecule has 0 spiro atoms. The molecular formula is C19H23N3OS. The fourth-order valence-electron chi connectivity index (χ4n) is 3.24. The summed E-state index contributed by atoms with van der Waals surface area (Å²) in [7, 11) is 0. The van der Waals surface area contributed by atoms with Crippen LogP contribution in [0.1, 0.15) is 32.4 Å². The molecule has 1 unspecified atom stereocenters. The predicted molar refractivity (Wildman–Crippen MR) is 98.4 cm³/mol. The van der Waals surface area contributed by atoms with E-state index in [0.29, 0.717) is 0 Å². The number of carbonyl (C=O) groups is 1. The van der Waals surface area contributed by atoms with Gasteiger partial charge < -0.3 is 10.2 Å². The number of anilines is 1. The van der Waals surface area contributed by atoms with Crippen molar-refractivity contribution in [3.8, 4) is 10.6 Å². The maximum Gasteiger partial charge on any atom is 0.243 e. The Bertz CT molecular complexity index is 736. The van der Waals surface area contributed by atoms with Gasteiger partial charge >= 0.3 is 0 Å². The Kier molecular flexibility index (Phi) is 4.04. The van der Waals surface area contributed by atoms with Gasteiger partial charge in [0.15, 0.2) is 0 Å². The molecule has 1 N–H and O–H groups in total. The number of hydrogen-bond donors (Lipinski definition) is 1. The van der Waals surface area contributed by atoms with Gasteiger partial charge in [0.2, 0.25) is 5.91 Å². The first-order chi connectivity index (χ1) is 11.6. The van der Waals surface area contributed by atoms with Gasteiger partial charge in [0, 0.05) is 24.6 Å². The smallest absolute Gasteiger partial charge is 0.243 e. The topological polar surface area (TPSA) is 45.2 Å². The molecule has 1 aromatic heterocycles. The minimum atomic E-state index is -0.0911. The molecule has 1 aliphatic carbocycles. The average molecular weight is 341 g/mol. The van der Waals surface area contributed by atoms with Crippen LogP contribution in [0, 0.1) is 5.92 Å². The molecule has 0 radical (unpaired) electrons. The van der Waals surface area contributed by atoms with Crippen LogP contribution >= 0.6 is 11.3 Å². The van der Waals surface area contributed by atoms with E-state index in [4.69, 9.17) is 4.98 Å². The van der Waals surface area contributed by atoms with E-state index in [0.717, 1.165) is 35.1 Å². The highest BCUT2D eigenvalue weighted by Gasteiger charge is 2.40. The molecule has 2 aromatic rings. The van der Waals surface area contributed by atoms with Crippen molar-refractivity contribution < 1.29 is 4.79 Å². The highest BCUT2D eigenvalue weighted by atomic mass is 32.1. The molecule has 4 rings (SSSR count). The van der Waals surface area contributed by atoms with Crippen molar-refractivity contribution in [2.24, 2.45) is 5.92 Å². The van der Waals surface area contributed by atoms with E-state index in [1.54, 1.807) is 11.3 Å². The molecule has 1 saturated carbocycles. The average Bonchev–Trinajstić information content (AvgIpc) is 3.17. The monoisotopic (exact) mass is 341 g/mol. The third-order valence-electron chi connectivity index (χ3n) is 4.61. The quantitative estimate of drug-likeness (QED) is 0.906. The van der Waals surface area contributed by atoms with E-state index in [2.05, 4.69) is 22.3 Å². The van der Waals surface area contributed by atoms with Crippen molar-refractivity contribution in [3.63, 3.8) is 0 Å². The lowest BCUT2D eigenvalue weighted by Gasteiger charge is -2.26. The molecule has 1 aromatic carbocycles. The van der Waals surface area contributed by atoms with Gasteiger partial charge in [0.1, 0.15) is 16.1 Å². The van der Waals surface area contributed by atoms with Crippen molar-refractivity contribution in [1.29, 1.82) is 0 Å². The number of aromatic nitrogens is 1. The van der Waals surface area contributed by atoms with Crippen LogP contribution in [0.4, 0.5) is 5.00 Å². The van der Waals surface area contributed by atoms with Gasteiger partial charge in [-0.05, 0) is 32.6 Å². The molecule has 1 aliphatic heterocycles. The lowest BCUT2D eigenvalue weighted by Crippen LogP contribution is -2.48. The Balaban J connectivity index is 1.61. The minimum absolute atomic E-state index is 0.0911. The number of amides is 1. The van der Waals surface area contributed by atoms with Gasteiger partial charge in [-0.2, -0.15) is 0 Å². The first-order valence-electron chi connectivity index (χ1n) is 8.74. The van der Waals surface area contributed by atoms with Crippen molar-refractivity contribution >= 4 is 22.2 Å². The minimum Gasteiger partial charge on any atom is -0.352 e. The molecule has 0 saturated heterocycles. The van der Waals surface area contributed by atoms with Crippen LogP contribution in [-0.2, 0) is 11.2 Å². The standard InChI is InChI=1S/C19H23N3OS/c1-12(2)20-17(23)16-10-15-19(22(16)11-13-8-9-13)24-18(21-15)14-6-4-3-5-7-14/h3-7,12-13,16H,8-11H2,1-2H3,(H,20,23). The Morgan fingerprint density at radius 3 is 2.75 bits per heavy atom. The highest BCUT2D eigenvalue weighted by Crippen LogP contribution is 2.43. The van der Waals surface area contributed by atoms with Crippen LogP contribution in [0.3, 0.4) is 0 Å². The number of hydrogen-bond acceptors (Lipinski definition) is 4. The molecule has 5 heteroatoms. The number of fused-ring (bicyclic) bond motifs is 1. The van der Waals surface area contributed by atoms with Crippen LogP contribution in [0.5, 0.6) is 0 Å². The van der Waals surface area contributed by atoms with Crippen molar-refractivity contribution in [2.75, 3.05) is 11.4 Å². The van der Waals surface area contributed by atoms with Crippen LogP contribution in [0.25, 0.3) is 10.6 Å². The molecule has 1 fully saturated rings. The predicted octanol–water partition coefficient (Wildman–Crippen LogP) is 3.48. The molecule has 4 nitrogen and oxygen atoms in total. The van der Waals surface area contributed by atoms with E-state index in [1.807, 2.05) is 32.0 Å².